The van der Waals surface area contributed by atoms with E-state index in [0.29, 0.717) is 0 Å². The molecule has 160 valence electrons. The number of hydrogen-bond donors (Lipinski definition) is 4. The van der Waals surface area contributed by atoms with Crippen molar-refractivity contribution in [1.82, 2.24) is 0 Å². The molecule has 0 aromatic rings. The Bertz CT molecular complexity index is 437. The average Bonchev–Trinajstić information content (AvgIpc) is 2.67. The Morgan fingerprint density at radius 3 is 1.81 bits per heavy atom. The predicted molar refractivity (Wildman–Crippen MR) is 87.8 cm³/mol. The molecule has 11 nitrogen and oxygen atoms in total. The normalized spacial score (nSPS) is 45.8. The third kappa shape index (κ3) is 4.77. The number of hydrogen-bond acceptors (Lipinski definition) is 11. The molecule has 0 saturated carbocycles. The highest BCUT2D eigenvalue weighted by molar-refractivity contribution is 4.94. The molecule has 0 spiro atoms. The molecule has 10 atom stereocenters. The van der Waals surface area contributed by atoms with Crippen molar-refractivity contribution >= 4 is 0 Å². The summed E-state index contributed by atoms with van der Waals surface area (Å²) < 4.78 is 38.5. The van der Waals surface area contributed by atoms with E-state index in [1.54, 1.807) is 0 Å². The van der Waals surface area contributed by atoms with Gasteiger partial charge in [0.05, 0.1) is 13.2 Å². The zero-order chi connectivity index (χ0) is 20.1. The Hall–Kier alpha value is -0.440. The van der Waals surface area contributed by atoms with Crippen LogP contribution in [0, 0.1) is 0 Å². The quantitative estimate of drug-likeness (QED) is 0.337. The molecule has 0 amide bonds. The summed E-state index contributed by atoms with van der Waals surface area (Å²) >= 11 is 0. The highest BCUT2D eigenvalue weighted by Crippen LogP contribution is 2.31. The maximum Gasteiger partial charge on any atom is 0.190 e. The highest BCUT2D eigenvalue weighted by atomic mass is 16.8. The fraction of sp³-hybridized carbons (Fsp3) is 1.00. The molecule has 2 rings (SSSR count). The van der Waals surface area contributed by atoms with Crippen molar-refractivity contribution < 1.29 is 53.6 Å². The summed E-state index contributed by atoms with van der Waals surface area (Å²) in [4.78, 5) is 0. The summed E-state index contributed by atoms with van der Waals surface area (Å²) in [5.41, 5.74) is 0. The van der Waals surface area contributed by atoms with Crippen LogP contribution in [-0.4, -0.2) is 123 Å². The molecule has 2 unspecified atom stereocenters. The van der Waals surface area contributed by atoms with Crippen LogP contribution in [0.25, 0.3) is 0 Å². The van der Waals surface area contributed by atoms with Crippen molar-refractivity contribution in [2.45, 2.75) is 61.4 Å². The van der Waals surface area contributed by atoms with Gasteiger partial charge in [-0.15, -0.1) is 0 Å². The monoisotopic (exact) mass is 398 g/mol. The molecule has 0 aromatic heterocycles. The molecule has 11 heteroatoms. The highest BCUT2D eigenvalue weighted by Gasteiger charge is 2.51. The van der Waals surface area contributed by atoms with Crippen molar-refractivity contribution in [3.8, 4) is 0 Å². The second kappa shape index (κ2) is 10.4. The topological polar surface area (TPSA) is 146 Å². The molecule has 2 saturated heterocycles. The maximum absolute atomic E-state index is 10.2. The Morgan fingerprint density at radius 1 is 0.704 bits per heavy atom. The lowest BCUT2D eigenvalue weighted by molar-refractivity contribution is -0.380. The Labute approximate surface area is 157 Å². The van der Waals surface area contributed by atoms with Crippen LogP contribution in [0.1, 0.15) is 0 Å². The Morgan fingerprint density at radius 2 is 1.30 bits per heavy atom. The van der Waals surface area contributed by atoms with E-state index in [4.69, 9.17) is 33.2 Å². The predicted octanol–water partition coefficient (Wildman–Crippen LogP) is -2.78. The van der Waals surface area contributed by atoms with Crippen molar-refractivity contribution in [3.63, 3.8) is 0 Å². The fourth-order valence-corrected chi connectivity index (χ4v) is 3.40. The van der Waals surface area contributed by atoms with Gasteiger partial charge in [0.25, 0.3) is 0 Å². The van der Waals surface area contributed by atoms with Gasteiger partial charge in [-0.25, -0.2) is 0 Å². The van der Waals surface area contributed by atoms with Gasteiger partial charge in [0.2, 0.25) is 0 Å². The largest absolute Gasteiger partial charge is 0.394 e. The van der Waals surface area contributed by atoms with Crippen molar-refractivity contribution in [1.29, 1.82) is 0 Å². The van der Waals surface area contributed by atoms with Gasteiger partial charge in [0, 0.05) is 28.4 Å². The lowest BCUT2D eigenvalue weighted by Gasteiger charge is -2.47. The van der Waals surface area contributed by atoms with Gasteiger partial charge in [0.1, 0.15) is 48.8 Å². The molecule has 2 aliphatic heterocycles. The summed E-state index contributed by atoms with van der Waals surface area (Å²) in [6, 6.07) is 0. The van der Waals surface area contributed by atoms with E-state index < -0.39 is 68.0 Å². The third-order valence-corrected chi connectivity index (χ3v) is 4.86. The minimum atomic E-state index is -1.56. The van der Waals surface area contributed by atoms with E-state index in [9.17, 15) is 20.4 Å². The van der Waals surface area contributed by atoms with Crippen LogP contribution in [0.15, 0.2) is 0 Å². The van der Waals surface area contributed by atoms with Gasteiger partial charge in [-0.1, -0.05) is 0 Å². The van der Waals surface area contributed by atoms with Gasteiger partial charge in [0.15, 0.2) is 12.6 Å². The van der Waals surface area contributed by atoms with E-state index >= 15 is 0 Å². The molecule has 0 aliphatic carbocycles. The molecule has 0 aromatic carbocycles. The van der Waals surface area contributed by atoms with Crippen molar-refractivity contribution in [3.05, 3.63) is 0 Å². The van der Waals surface area contributed by atoms with Gasteiger partial charge in [-0.05, 0) is 0 Å². The van der Waals surface area contributed by atoms with E-state index in [1.807, 2.05) is 0 Å². The summed E-state index contributed by atoms with van der Waals surface area (Å²) in [6.45, 7) is -0.383. The first-order valence-corrected chi connectivity index (χ1v) is 8.62. The first kappa shape index (κ1) is 22.8. The molecular weight excluding hydrogens is 368 g/mol. The Kier molecular flexibility index (Phi) is 8.77. The smallest absolute Gasteiger partial charge is 0.190 e. The molecule has 2 fully saturated rings. The molecule has 4 N–H and O–H groups in total. The summed E-state index contributed by atoms with van der Waals surface area (Å²) in [7, 11) is 5.94. The number of rotatable bonds is 8. The number of ether oxygens (including phenoxy) is 7. The van der Waals surface area contributed by atoms with E-state index in [0.717, 1.165) is 0 Å². The van der Waals surface area contributed by atoms with Crippen molar-refractivity contribution in [2.75, 3.05) is 41.7 Å². The van der Waals surface area contributed by atoms with Crippen LogP contribution in [-0.2, 0) is 33.2 Å². The minimum Gasteiger partial charge on any atom is -0.394 e. The fourth-order valence-electron chi connectivity index (χ4n) is 3.40. The molecule has 27 heavy (non-hydrogen) atoms. The van der Waals surface area contributed by atoms with E-state index in [-0.39, 0.29) is 6.61 Å². The lowest BCUT2D eigenvalue weighted by Crippen LogP contribution is -2.64. The average molecular weight is 398 g/mol. The minimum absolute atomic E-state index is 0.184. The van der Waals surface area contributed by atoms with Crippen LogP contribution < -0.4 is 0 Å². The van der Waals surface area contributed by atoms with E-state index in [2.05, 4.69) is 0 Å². The molecule has 0 bridgehead atoms. The molecule has 2 heterocycles. The van der Waals surface area contributed by atoms with Crippen molar-refractivity contribution in [2.24, 2.45) is 0 Å². The lowest BCUT2D eigenvalue weighted by atomic mass is 9.97. The third-order valence-electron chi connectivity index (χ3n) is 4.86. The number of methoxy groups -OCH3 is 4. The molecule has 2 aliphatic rings. The van der Waals surface area contributed by atoms with E-state index in [1.165, 1.54) is 28.4 Å². The van der Waals surface area contributed by atoms with Crippen LogP contribution in [0.5, 0.6) is 0 Å². The van der Waals surface area contributed by atoms with Crippen LogP contribution in [0.4, 0.5) is 0 Å². The zero-order valence-corrected chi connectivity index (χ0v) is 15.8. The maximum atomic E-state index is 10.2. The molecule has 0 radical (unpaired) electrons. The zero-order valence-electron chi connectivity index (χ0n) is 15.8. The van der Waals surface area contributed by atoms with Gasteiger partial charge in [-0.3, -0.25) is 0 Å². The second-order valence-electron chi connectivity index (χ2n) is 6.43. The number of aliphatic hydroxyl groups is 4. The van der Waals surface area contributed by atoms with Crippen LogP contribution >= 0.6 is 0 Å². The Balaban J connectivity index is 2.18. The molecular formula is C16H30O11. The van der Waals surface area contributed by atoms with Gasteiger partial charge >= 0.3 is 0 Å². The van der Waals surface area contributed by atoms with Crippen LogP contribution in [0.2, 0.25) is 0 Å². The SMILES string of the molecule is COC[C@H]1OC(OC2O[C@H](CO)[C@@H](O)[C@H](O)[C@H]2O)[C@H](OC)[C@@H](OC)[C@@H]1OC. The summed E-state index contributed by atoms with van der Waals surface area (Å²) in [5.74, 6) is 0. The van der Waals surface area contributed by atoms with Crippen LogP contribution in [0.3, 0.4) is 0 Å². The summed E-state index contributed by atoms with van der Waals surface area (Å²) in [5, 5.41) is 39.3. The summed E-state index contributed by atoms with van der Waals surface area (Å²) in [6.07, 6.45) is -10.5. The standard InChI is InChI=1S/C16H30O11/c1-21-6-8-12(22-2)13(23-3)14(24-4)16(26-8)27-15-11(20)10(19)9(18)7(5-17)25-15/h7-20H,5-6H2,1-4H3/t7-,8-,9-,10+,11-,12-,13+,14-,15?,16?/m1/s1. The van der Waals surface area contributed by atoms with Gasteiger partial charge < -0.3 is 53.6 Å². The van der Waals surface area contributed by atoms with Gasteiger partial charge in [-0.2, -0.15) is 0 Å². The first-order chi connectivity index (χ1) is 12.9. The number of aliphatic hydroxyl groups excluding tert-OH is 4. The second-order valence-corrected chi connectivity index (χ2v) is 6.43. The first-order valence-electron chi connectivity index (χ1n) is 8.62.